The second-order valence-electron chi connectivity index (χ2n) is 8.81. The summed E-state index contributed by atoms with van der Waals surface area (Å²) in [6, 6.07) is 5.94. The summed E-state index contributed by atoms with van der Waals surface area (Å²) in [6.07, 6.45) is 3.03. The van der Waals surface area contributed by atoms with Crippen molar-refractivity contribution in [2.75, 3.05) is 5.75 Å². The molecule has 178 valence electrons. The molecule has 3 rings (SSSR count). The Morgan fingerprint density at radius 3 is 2.33 bits per heavy atom. The summed E-state index contributed by atoms with van der Waals surface area (Å²) in [5.74, 6) is -0.428. The lowest BCUT2D eigenvalue weighted by atomic mass is 9.98. The van der Waals surface area contributed by atoms with Crippen LogP contribution in [0.15, 0.2) is 32.8 Å². The first kappa shape index (κ1) is 24.8. The van der Waals surface area contributed by atoms with Gasteiger partial charge in [-0.1, -0.05) is 17.8 Å². The maximum atomic E-state index is 13.1. The van der Waals surface area contributed by atoms with Crippen LogP contribution in [0.1, 0.15) is 49.8 Å². The molecule has 1 aliphatic rings. The van der Waals surface area contributed by atoms with Gasteiger partial charge < -0.3 is 10.0 Å². The van der Waals surface area contributed by atoms with E-state index >= 15 is 0 Å². The molecule has 1 saturated heterocycles. The minimum atomic E-state index is -0.655. The lowest BCUT2D eigenvalue weighted by Crippen LogP contribution is -2.48. The molecule has 0 spiro atoms. The summed E-state index contributed by atoms with van der Waals surface area (Å²) < 4.78 is 1.94. The Morgan fingerprint density at radius 2 is 1.73 bits per heavy atom. The van der Waals surface area contributed by atoms with Gasteiger partial charge in [0.2, 0.25) is 11.8 Å². The SMILES string of the molecule is Cc1ccc(N=C(SCC(=O)N2[C@H](C)CCC[C@@H]2C)c2c(O)n(C)c(=O)n(C)c2=O)cc1C. The monoisotopic (exact) mass is 472 g/mol. The highest BCUT2D eigenvalue weighted by atomic mass is 32.2. The summed E-state index contributed by atoms with van der Waals surface area (Å²) in [5.41, 5.74) is 1.36. The maximum Gasteiger partial charge on any atom is 0.333 e. The summed E-state index contributed by atoms with van der Waals surface area (Å²) >= 11 is 1.11. The smallest absolute Gasteiger partial charge is 0.333 e. The topological polar surface area (TPSA) is 96.9 Å². The van der Waals surface area contributed by atoms with Gasteiger partial charge in [-0.25, -0.2) is 9.79 Å². The van der Waals surface area contributed by atoms with E-state index in [0.717, 1.165) is 51.3 Å². The van der Waals surface area contributed by atoms with Crippen LogP contribution in [0.2, 0.25) is 0 Å². The molecular formula is C24H32N4O4S. The van der Waals surface area contributed by atoms with Gasteiger partial charge in [-0.15, -0.1) is 0 Å². The Hall–Kier alpha value is -2.81. The lowest BCUT2D eigenvalue weighted by molar-refractivity contribution is -0.134. The second kappa shape index (κ2) is 9.99. The lowest BCUT2D eigenvalue weighted by Gasteiger charge is -2.39. The molecule has 9 heteroatoms. The van der Waals surface area contributed by atoms with Gasteiger partial charge in [0.25, 0.3) is 5.56 Å². The van der Waals surface area contributed by atoms with Crippen molar-refractivity contribution in [1.82, 2.24) is 14.0 Å². The number of hydrogen-bond acceptors (Lipinski definition) is 6. The molecule has 2 atom stereocenters. The van der Waals surface area contributed by atoms with E-state index in [2.05, 4.69) is 18.8 Å². The Morgan fingerprint density at radius 1 is 1.09 bits per heavy atom. The van der Waals surface area contributed by atoms with Crippen molar-refractivity contribution >= 4 is 28.4 Å². The Labute approximate surface area is 198 Å². The summed E-state index contributed by atoms with van der Waals surface area (Å²) in [5, 5.41) is 10.9. The van der Waals surface area contributed by atoms with E-state index in [9.17, 15) is 19.5 Å². The minimum absolute atomic E-state index is 0.0337. The zero-order valence-electron chi connectivity index (χ0n) is 20.1. The number of likely N-dealkylation sites (tertiary alicyclic amines) is 1. The molecule has 0 aliphatic carbocycles. The summed E-state index contributed by atoms with van der Waals surface area (Å²) in [4.78, 5) is 44.9. The van der Waals surface area contributed by atoms with E-state index in [1.54, 1.807) is 0 Å². The third kappa shape index (κ3) is 5.08. The zero-order valence-corrected chi connectivity index (χ0v) is 20.9. The molecule has 8 nitrogen and oxygen atoms in total. The highest BCUT2D eigenvalue weighted by Crippen LogP contribution is 2.27. The molecule has 0 bridgehead atoms. The standard InChI is InChI=1S/C24H32N4O4S/c1-14-10-11-18(12-15(14)2)25-21(20-22(30)26(5)24(32)27(6)23(20)31)33-13-19(29)28-16(3)8-7-9-17(28)4/h10-12,16-17,30H,7-9,13H2,1-6H3/t16-,17+. The zero-order chi connectivity index (χ0) is 24.4. The summed E-state index contributed by atoms with van der Waals surface area (Å²) in [7, 11) is 2.75. The van der Waals surface area contributed by atoms with E-state index < -0.39 is 17.1 Å². The van der Waals surface area contributed by atoms with E-state index in [1.807, 2.05) is 36.9 Å². The molecule has 1 aliphatic heterocycles. The van der Waals surface area contributed by atoms with Gasteiger partial charge in [0.15, 0.2) is 0 Å². The number of amides is 1. The van der Waals surface area contributed by atoms with Crippen molar-refractivity contribution < 1.29 is 9.90 Å². The molecule has 0 radical (unpaired) electrons. The second-order valence-corrected chi connectivity index (χ2v) is 9.77. The minimum Gasteiger partial charge on any atom is -0.494 e. The highest BCUT2D eigenvalue weighted by Gasteiger charge is 2.30. The number of thioether (sulfide) groups is 1. The molecule has 2 aromatic rings. The third-order valence-electron chi connectivity index (χ3n) is 6.38. The number of carbonyl (C=O) groups excluding carboxylic acids is 1. The van der Waals surface area contributed by atoms with Crippen LogP contribution < -0.4 is 11.2 Å². The largest absolute Gasteiger partial charge is 0.494 e. The van der Waals surface area contributed by atoms with Crippen LogP contribution in [0.25, 0.3) is 0 Å². The number of hydrogen-bond donors (Lipinski definition) is 1. The normalized spacial score (nSPS) is 19.1. The van der Waals surface area contributed by atoms with E-state index in [-0.39, 0.29) is 34.4 Å². The number of rotatable bonds is 4. The van der Waals surface area contributed by atoms with Crippen molar-refractivity contribution in [1.29, 1.82) is 0 Å². The van der Waals surface area contributed by atoms with Crippen molar-refractivity contribution in [3.63, 3.8) is 0 Å². The number of aliphatic imine (C=N–C) groups is 1. The van der Waals surface area contributed by atoms with Crippen LogP contribution in [0.5, 0.6) is 5.88 Å². The molecule has 2 heterocycles. The van der Waals surface area contributed by atoms with E-state index in [0.29, 0.717) is 5.69 Å². The maximum absolute atomic E-state index is 13.1. The van der Waals surface area contributed by atoms with Crippen molar-refractivity contribution in [2.45, 2.75) is 59.0 Å². The molecule has 0 saturated carbocycles. The van der Waals surface area contributed by atoms with Gasteiger partial charge in [-0.3, -0.25) is 18.7 Å². The predicted molar refractivity (Wildman–Crippen MR) is 133 cm³/mol. The molecule has 1 aromatic heterocycles. The number of aromatic hydroxyl groups is 1. The van der Waals surface area contributed by atoms with Crippen LogP contribution in [-0.4, -0.2) is 47.9 Å². The molecule has 1 fully saturated rings. The Kier molecular flexibility index (Phi) is 7.51. The van der Waals surface area contributed by atoms with Gasteiger partial charge in [0, 0.05) is 26.2 Å². The van der Waals surface area contributed by atoms with Crippen LogP contribution in [0.4, 0.5) is 5.69 Å². The Bertz CT molecular complexity index is 1200. The van der Waals surface area contributed by atoms with Gasteiger partial charge in [-0.05, 0) is 70.2 Å². The number of carbonyl (C=O) groups is 1. The van der Waals surface area contributed by atoms with Crippen molar-refractivity contribution in [3.05, 3.63) is 55.7 Å². The molecular weight excluding hydrogens is 440 g/mol. The van der Waals surface area contributed by atoms with E-state index in [1.165, 1.54) is 14.1 Å². The van der Waals surface area contributed by atoms with Crippen LogP contribution in [-0.2, 0) is 18.9 Å². The van der Waals surface area contributed by atoms with Gasteiger partial charge >= 0.3 is 5.69 Å². The Balaban J connectivity index is 2.05. The predicted octanol–water partition coefficient (Wildman–Crippen LogP) is 3.01. The fraction of sp³-hybridized carbons (Fsp3) is 0.500. The molecule has 1 N–H and O–H groups in total. The average molecular weight is 473 g/mol. The first-order valence-electron chi connectivity index (χ1n) is 11.1. The molecule has 33 heavy (non-hydrogen) atoms. The molecule has 0 unspecified atom stereocenters. The first-order valence-corrected chi connectivity index (χ1v) is 12.1. The molecule has 1 amide bonds. The van der Waals surface area contributed by atoms with Crippen molar-refractivity contribution in [3.8, 4) is 5.88 Å². The van der Waals surface area contributed by atoms with Crippen LogP contribution in [0, 0.1) is 13.8 Å². The van der Waals surface area contributed by atoms with Crippen LogP contribution in [0.3, 0.4) is 0 Å². The van der Waals surface area contributed by atoms with Crippen LogP contribution >= 0.6 is 11.8 Å². The van der Waals surface area contributed by atoms with Gasteiger partial charge in [-0.2, -0.15) is 0 Å². The molecule has 1 aromatic carbocycles. The van der Waals surface area contributed by atoms with Crippen molar-refractivity contribution in [2.24, 2.45) is 19.1 Å². The summed E-state index contributed by atoms with van der Waals surface area (Å²) in [6.45, 7) is 8.06. The number of piperidine rings is 1. The number of aromatic nitrogens is 2. The number of benzene rings is 1. The fourth-order valence-corrected chi connectivity index (χ4v) is 5.11. The quantitative estimate of drug-likeness (QED) is 0.545. The van der Waals surface area contributed by atoms with Gasteiger partial charge in [0.1, 0.15) is 10.6 Å². The average Bonchev–Trinajstić information content (AvgIpc) is 2.77. The van der Waals surface area contributed by atoms with E-state index in [4.69, 9.17) is 0 Å². The first-order chi connectivity index (χ1) is 15.5. The van der Waals surface area contributed by atoms with Gasteiger partial charge in [0.05, 0.1) is 11.4 Å². The highest BCUT2D eigenvalue weighted by molar-refractivity contribution is 8.15. The third-order valence-corrected chi connectivity index (χ3v) is 7.34. The fourth-order valence-electron chi connectivity index (χ4n) is 4.21. The number of aryl methyl sites for hydroxylation is 2. The number of nitrogens with zero attached hydrogens (tertiary/aromatic N) is 4.